The summed E-state index contributed by atoms with van der Waals surface area (Å²) in [5.41, 5.74) is 0.680. The number of halogens is 1. The van der Waals surface area contributed by atoms with Crippen molar-refractivity contribution in [3.63, 3.8) is 0 Å². The van der Waals surface area contributed by atoms with Gasteiger partial charge in [-0.15, -0.1) is 0 Å². The molecule has 0 saturated heterocycles. The number of carbonyl (C=O) groups excluding carboxylic acids is 2. The Morgan fingerprint density at radius 1 is 1.06 bits per heavy atom. The molecular weight excluding hydrogens is 448 g/mol. The number of benzene rings is 2. The second-order valence-electron chi connectivity index (χ2n) is 6.27. The smallest absolute Gasteiger partial charge is 0.339 e. The minimum Gasteiger partial charge on any atom is -0.493 e. The molecule has 0 bridgehead atoms. The van der Waals surface area contributed by atoms with E-state index in [2.05, 4.69) is 5.32 Å². The number of rotatable bonds is 9. The largest absolute Gasteiger partial charge is 0.493 e. The fourth-order valence-electron chi connectivity index (χ4n) is 2.68. The molecule has 1 N–H and O–H groups in total. The summed E-state index contributed by atoms with van der Waals surface area (Å²) in [6, 6.07) is 8.76. The first-order chi connectivity index (χ1) is 14.6. The molecule has 0 heterocycles. The van der Waals surface area contributed by atoms with E-state index in [1.54, 1.807) is 6.92 Å². The van der Waals surface area contributed by atoms with Crippen molar-refractivity contribution >= 4 is 44.9 Å². The molecule has 31 heavy (non-hydrogen) atoms. The molecule has 2 aromatic rings. The van der Waals surface area contributed by atoms with Crippen LogP contribution in [0.3, 0.4) is 0 Å². The van der Waals surface area contributed by atoms with Crippen LogP contribution in [0.4, 0.5) is 11.4 Å². The van der Waals surface area contributed by atoms with Crippen molar-refractivity contribution in [3.8, 4) is 11.5 Å². The first-order valence-corrected chi connectivity index (χ1v) is 11.3. The van der Waals surface area contributed by atoms with Crippen molar-refractivity contribution in [1.82, 2.24) is 0 Å². The summed E-state index contributed by atoms with van der Waals surface area (Å²) in [5, 5.41) is 2.66. The van der Waals surface area contributed by atoms with Gasteiger partial charge in [0.05, 0.1) is 43.4 Å². The van der Waals surface area contributed by atoms with Crippen LogP contribution < -0.4 is 19.1 Å². The van der Waals surface area contributed by atoms with Gasteiger partial charge in [0.1, 0.15) is 6.54 Å². The van der Waals surface area contributed by atoms with E-state index in [1.807, 2.05) is 0 Å². The van der Waals surface area contributed by atoms with Crippen molar-refractivity contribution in [3.05, 3.63) is 47.0 Å². The first kappa shape index (κ1) is 24.3. The SMILES string of the molecule is CCOC(=O)c1ccc(NC(=O)CN(c2ccc(OC)c(OC)c2)S(C)(=O)=O)cc1Cl. The Bertz CT molecular complexity index is 1070. The summed E-state index contributed by atoms with van der Waals surface area (Å²) in [7, 11) is -0.918. The third-order valence-corrected chi connectivity index (χ3v) is 5.54. The summed E-state index contributed by atoms with van der Waals surface area (Å²) >= 11 is 6.10. The van der Waals surface area contributed by atoms with Gasteiger partial charge >= 0.3 is 5.97 Å². The van der Waals surface area contributed by atoms with Gasteiger partial charge in [0.25, 0.3) is 0 Å². The zero-order chi connectivity index (χ0) is 23.2. The maximum atomic E-state index is 12.5. The van der Waals surface area contributed by atoms with Crippen LogP contribution in [0.5, 0.6) is 11.5 Å². The van der Waals surface area contributed by atoms with Gasteiger partial charge in [0.15, 0.2) is 11.5 Å². The summed E-state index contributed by atoms with van der Waals surface area (Å²) in [5.74, 6) is -0.460. The standard InChI is InChI=1S/C20H23ClN2O7S/c1-5-30-20(25)15-8-6-13(10-16(15)21)22-19(24)12-23(31(4,26)27)14-7-9-17(28-2)18(11-14)29-3/h6-11H,5,12H2,1-4H3,(H,22,24). The fraction of sp³-hybridized carbons (Fsp3) is 0.300. The molecule has 0 fully saturated rings. The number of methoxy groups -OCH3 is 2. The zero-order valence-electron chi connectivity index (χ0n) is 17.5. The van der Waals surface area contributed by atoms with Crippen LogP contribution in [-0.4, -0.2) is 53.9 Å². The number of esters is 1. The Balaban J connectivity index is 2.23. The van der Waals surface area contributed by atoms with Gasteiger partial charge in [-0.05, 0) is 37.3 Å². The number of hydrogen-bond donors (Lipinski definition) is 1. The van der Waals surface area contributed by atoms with Gasteiger partial charge in [-0.2, -0.15) is 0 Å². The Kier molecular flexibility index (Phi) is 8.12. The number of nitrogens with one attached hydrogen (secondary N) is 1. The summed E-state index contributed by atoms with van der Waals surface area (Å²) < 4.78 is 40.8. The van der Waals surface area contributed by atoms with Crippen LogP contribution in [0.1, 0.15) is 17.3 Å². The predicted octanol–water partition coefficient (Wildman–Crippen LogP) is 2.94. The van der Waals surface area contributed by atoms with Crippen LogP contribution in [0.2, 0.25) is 5.02 Å². The average Bonchev–Trinajstić information content (AvgIpc) is 2.71. The molecule has 0 saturated carbocycles. The maximum absolute atomic E-state index is 12.5. The van der Waals surface area contributed by atoms with E-state index in [1.165, 1.54) is 50.6 Å². The van der Waals surface area contributed by atoms with E-state index in [0.717, 1.165) is 10.6 Å². The Morgan fingerprint density at radius 3 is 2.29 bits per heavy atom. The third-order valence-electron chi connectivity index (χ3n) is 4.09. The molecule has 1 amide bonds. The van der Waals surface area contributed by atoms with Gasteiger partial charge < -0.3 is 19.5 Å². The molecule has 9 nitrogen and oxygen atoms in total. The van der Waals surface area contributed by atoms with Gasteiger partial charge in [0, 0.05) is 11.8 Å². The molecule has 2 rings (SSSR count). The minimum atomic E-state index is -3.79. The number of carbonyl (C=O) groups is 2. The third kappa shape index (κ3) is 6.25. The van der Waals surface area contributed by atoms with Gasteiger partial charge in [0.2, 0.25) is 15.9 Å². The number of sulfonamides is 1. The van der Waals surface area contributed by atoms with Gasteiger partial charge in [-0.1, -0.05) is 11.6 Å². The van der Waals surface area contributed by atoms with Gasteiger partial charge in [-0.25, -0.2) is 13.2 Å². The number of amides is 1. The Hall–Kier alpha value is -2.98. The van der Waals surface area contributed by atoms with Crippen molar-refractivity contribution in [2.24, 2.45) is 0 Å². The molecule has 0 aromatic heterocycles. The first-order valence-electron chi connectivity index (χ1n) is 9.07. The fourth-order valence-corrected chi connectivity index (χ4v) is 3.78. The number of anilines is 2. The highest BCUT2D eigenvalue weighted by molar-refractivity contribution is 7.92. The normalized spacial score (nSPS) is 10.9. The van der Waals surface area contributed by atoms with Crippen LogP contribution in [0.25, 0.3) is 0 Å². The van der Waals surface area contributed by atoms with Crippen LogP contribution >= 0.6 is 11.6 Å². The molecule has 0 unspecified atom stereocenters. The second kappa shape index (κ2) is 10.4. The highest BCUT2D eigenvalue weighted by Gasteiger charge is 2.23. The summed E-state index contributed by atoms with van der Waals surface area (Å²) in [6.07, 6.45) is 0.988. The highest BCUT2D eigenvalue weighted by Crippen LogP contribution is 2.32. The number of ether oxygens (including phenoxy) is 3. The molecule has 0 aliphatic rings. The molecular formula is C20H23ClN2O7S. The van der Waals surface area contributed by atoms with E-state index in [4.69, 9.17) is 25.8 Å². The zero-order valence-corrected chi connectivity index (χ0v) is 19.0. The number of hydrogen-bond acceptors (Lipinski definition) is 7. The van der Waals surface area contributed by atoms with Crippen LogP contribution in [0.15, 0.2) is 36.4 Å². The highest BCUT2D eigenvalue weighted by atomic mass is 35.5. The van der Waals surface area contributed by atoms with E-state index < -0.39 is 28.4 Å². The molecule has 168 valence electrons. The second-order valence-corrected chi connectivity index (χ2v) is 8.59. The molecule has 0 spiro atoms. The molecule has 0 aliphatic carbocycles. The lowest BCUT2D eigenvalue weighted by Gasteiger charge is -2.23. The van der Waals surface area contributed by atoms with E-state index in [9.17, 15) is 18.0 Å². The predicted molar refractivity (Wildman–Crippen MR) is 118 cm³/mol. The lowest BCUT2D eigenvalue weighted by Crippen LogP contribution is -2.37. The molecule has 0 radical (unpaired) electrons. The summed E-state index contributed by atoms with van der Waals surface area (Å²) in [4.78, 5) is 24.4. The minimum absolute atomic E-state index is 0.0936. The maximum Gasteiger partial charge on any atom is 0.339 e. The quantitative estimate of drug-likeness (QED) is 0.561. The molecule has 0 aliphatic heterocycles. The van der Waals surface area contributed by atoms with Crippen LogP contribution in [0, 0.1) is 0 Å². The lowest BCUT2D eigenvalue weighted by molar-refractivity contribution is -0.114. The van der Waals surface area contributed by atoms with E-state index in [-0.39, 0.29) is 22.9 Å². The van der Waals surface area contributed by atoms with E-state index in [0.29, 0.717) is 17.2 Å². The van der Waals surface area contributed by atoms with Crippen molar-refractivity contribution < 1.29 is 32.2 Å². The average molecular weight is 471 g/mol. The monoisotopic (exact) mass is 470 g/mol. The summed E-state index contributed by atoms with van der Waals surface area (Å²) in [6.45, 7) is 1.38. The van der Waals surface area contributed by atoms with Crippen molar-refractivity contribution in [2.75, 3.05) is 43.2 Å². The van der Waals surface area contributed by atoms with Crippen molar-refractivity contribution in [2.45, 2.75) is 6.92 Å². The molecule has 11 heteroatoms. The van der Waals surface area contributed by atoms with Gasteiger partial charge in [-0.3, -0.25) is 9.10 Å². The topological polar surface area (TPSA) is 111 Å². The molecule has 2 aromatic carbocycles. The lowest BCUT2D eigenvalue weighted by atomic mass is 10.2. The Labute approximate surface area is 185 Å². The number of nitrogens with zero attached hydrogens (tertiary/aromatic N) is 1. The van der Waals surface area contributed by atoms with E-state index >= 15 is 0 Å². The van der Waals surface area contributed by atoms with Crippen molar-refractivity contribution in [1.29, 1.82) is 0 Å². The van der Waals surface area contributed by atoms with Crippen LogP contribution in [-0.2, 0) is 19.6 Å². The molecule has 0 atom stereocenters. The Morgan fingerprint density at radius 2 is 1.74 bits per heavy atom.